The lowest BCUT2D eigenvalue weighted by atomic mass is 10.1. The Hall–Kier alpha value is -0.0600. The van der Waals surface area contributed by atoms with Crippen molar-refractivity contribution >= 4 is 23.1 Å². The Morgan fingerprint density at radius 1 is 1.62 bits per heavy atom. The van der Waals surface area contributed by atoms with Crippen LogP contribution in [0.5, 0.6) is 0 Å². The fourth-order valence-electron chi connectivity index (χ4n) is 0.887. The molecular formula is C9H16N2S2. The van der Waals surface area contributed by atoms with Gasteiger partial charge in [0, 0.05) is 28.1 Å². The van der Waals surface area contributed by atoms with Gasteiger partial charge >= 0.3 is 0 Å². The van der Waals surface area contributed by atoms with E-state index < -0.39 is 0 Å². The number of thioether (sulfide) groups is 1. The summed E-state index contributed by atoms with van der Waals surface area (Å²) in [6.45, 7) is 6.14. The summed E-state index contributed by atoms with van der Waals surface area (Å²) < 4.78 is 0. The van der Waals surface area contributed by atoms with E-state index in [-0.39, 0.29) is 5.54 Å². The van der Waals surface area contributed by atoms with Crippen molar-refractivity contribution in [2.24, 2.45) is 5.73 Å². The molecule has 4 heteroatoms. The molecule has 1 aromatic rings. The molecule has 0 saturated carbocycles. The number of thiazole rings is 1. The molecule has 0 aliphatic carbocycles. The van der Waals surface area contributed by atoms with Gasteiger partial charge in [0.1, 0.15) is 0 Å². The highest BCUT2D eigenvalue weighted by Crippen LogP contribution is 2.20. The summed E-state index contributed by atoms with van der Waals surface area (Å²) in [6.07, 6.45) is 1.95. The first kappa shape index (κ1) is 11.0. The normalized spacial score (nSPS) is 12.0. The molecule has 0 fully saturated rings. The number of nitrogens with zero attached hydrogens (tertiary/aromatic N) is 1. The number of hydrogen-bond acceptors (Lipinski definition) is 4. The number of aryl methyl sites for hydroxylation is 1. The van der Waals surface area contributed by atoms with E-state index in [0.29, 0.717) is 0 Å². The maximum Gasteiger partial charge on any atom is 0.0897 e. The first-order valence-corrected chi connectivity index (χ1v) is 6.22. The molecule has 13 heavy (non-hydrogen) atoms. The number of rotatable bonds is 4. The van der Waals surface area contributed by atoms with Gasteiger partial charge in [-0.25, -0.2) is 4.98 Å². The van der Waals surface area contributed by atoms with Crippen molar-refractivity contribution in [1.82, 2.24) is 4.98 Å². The molecular weight excluding hydrogens is 200 g/mol. The summed E-state index contributed by atoms with van der Waals surface area (Å²) in [6, 6.07) is 0. The Balaban J connectivity index is 2.28. The Morgan fingerprint density at radius 2 is 2.31 bits per heavy atom. The molecule has 2 N–H and O–H groups in total. The minimum atomic E-state index is -0.0651. The first-order valence-electron chi connectivity index (χ1n) is 4.25. The Labute approximate surface area is 87.9 Å². The van der Waals surface area contributed by atoms with Gasteiger partial charge < -0.3 is 5.73 Å². The van der Waals surface area contributed by atoms with Gasteiger partial charge in [-0.3, -0.25) is 0 Å². The summed E-state index contributed by atoms with van der Waals surface area (Å²) in [4.78, 5) is 5.55. The van der Waals surface area contributed by atoms with Crippen molar-refractivity contribution in [3.05, 3.63) is 16.1 Å². The summed E-state index contributed by atoms with van der Waals surface area (Å²) in [7, 11) is 0. The van der Waals surface area contributed by atoms with Crippen molar-refractivity contribution in [3.63, 3.8) is 0 Å². The van der Waals surface area contributed by atoms with Gasteiger partial charge in [-0.1, -0.05) is 0 Å². The van der Waals surface area contributed by atoms with Gasteiger partial charge in [0.25, 0.3) is 0 Å². The van der Waals surface area contributed by atoms with Crippen molar-refractivity contribution in [3.8, 4) is 0 Å². The second kappa shape index (κ2) is 4.44. The van der Waals surface area contributed by atoms with Crippen LogP contribution in [0, 0.1) is 6.92 Å². The third-order valence-electron chi connectivity index (χ3n) is 1.39. The number of nitrogens with two attached hydrogens (primary N) is 1. The predicted molar refractivity (Wildman–Crippen MR) is 61.3 cm³/mol. The molecule has 0 aliphatic heterocycles. The molecule has 0 saturated heterocycles. The van der Waals surface area contributed by atoms with E-state index in [1.165, 1.54) is 4.88 Å². The highest BCUT2D eigenvalue weighted by molar-refractivity contribution is 7.98. The molecule has 0 aliphatic rings. The van der Waals surface area contributed by atoms with Crippen LogP contribution < -0.4 is 5.73 Å². The van der Waals surface area contributed by atoms with E-state index in [2.05, 4.69) is 18.8 Å². The molecule has 2 nitrogen and oxygen atoms in total. The van der Waals surface area contributed by atoms with Gasteiger partial charge in [-0.05, 0) is 20.8 Å². The second-order valence-electron chi connectivity index (χ2n) is 3.83. The molecule has 0 unspecified atom stereocenters. The lowest BCUT2D eigenvalue weighted by molar-refractivity contribution is 0.591. The third kappa shape index (κ3) is 4.64. The molecule has 1 heterocycles. The summed E-state index contributed by atoms with van der Waals surface area (Å²) >= 11 is 3.64. The highest BCUT2D eigenvalue weighted by atomic mass is 32.2. The van der Waals surface area contributed by atoms with Crippen LogP contribution in [0.15, 0.2) is 6.20 Å². The zero-order valence-electron chi connectivity index (χ0n) is 8.33. The Bertz CT molecular complexity index is 263. The maximum atomic E-state index is 5.87. The minimum Gasteiger partial charge on any atom is -0.325 e. The molecule has 0 spiro atoms. The average molecular weight is 216 g/mol. The summed E-state index contributed by atoms with van der Waals surface area (Å²) in [5, 5.41) is 1.14. The van der Waals surface area contributed by atoms with Crippen LogP contribution in [0.1, 0.15) is 23.7 Å². The molecule has 0 radical (unpaired) electrons. The quantitative estimate of drug-likeness (QED) is 0.840. The van der Waals surface area contributed by atoms with Crippen LogP contribution in [0.2, 0.25) is 0 Å². The zero-order chi connectivity index (χ0) is 9.90. The third-order valence-corrected chi connectivity index (χ3v) is 3.95. The lowest BCUT2D eigenvalue weighted by Gasteiger charge is -2.16. The van der Waals surface area contributed by atoms with E-state index in [1.807, 2.05) is 24.9 Å². The van der Waals surface area contributed by atoms with Crippen LogP contribution in [-0.4, -0.2) is 16.3 Å². The first-order chi connectivity index (χ1) is 5.97. The smallest absolute Gasteiger partial charge is 0.0897 e. The molecule has 0 atom stereocenters. The fourth-order valence-corrected chi connectivity index (χ4v) is 2.87. The molecule has 1 aromatic heterocycles. The molecule has 1 rings (SSSR count). The predicted octanol–water partition coefficient (Wildman–Crippen LogP) is 2.42. The summed E-state index contributed by atoms with van der Waals surface area (Å²) in [5.74, 6) is 2.02. The van der Waals surface area contributed by atoms with E-state index in [4.69, 9.17) is 5.73 Å². The van der Waals surface area contributed by atoms with Crippen molar-refractivity contribution in [2.75, 3.05) is 5.75 Å². The van der Waals surface area contributed by atoms with E-state index in [1.54, 1.807) is 11.3 Å². The van der Waals surface area contributed by atoms with Gasteiger partial charge in [0.05, 0.1) is 5.01 Å². The topological polar surface area (TPSA) is 38.9 Å². The van der Waals surface area contributed by atoms with Crippen LogP contribution in [0.4, 0.5) is 0 Å². The van der Waals surface area contributed by atoms with E-state index >= 15 is 0 Å². The van der Waals surface area contributed by atoms with Crippen LogP contribution >= 0.6 is 23.1 Å². The highest BCUT2D eigenvalue weighted by Gasteiger charge is 2.10. The average Bonchev–Trinajstić information content (AvgIpc) is 2.33. The largest absolute Gasteiger partial charge is 0.325 e. The molecule has 0 amide bonds. The van der Waals surface area contributed by atoms with Crippen LogP contribution in [0.25, 0.3) is 0 Å². The standard InChI is InChI=1S/C9H16N2S2/c1-7-11-4-8(13-7)5-12-6-9(2,3)10/h4H,5-6,10H2,1-3H3. The van der Waals surface area contributed by atoms with Crippen molar-refractivity contribution < 1.29 is 0 Å². The lowest BCUT2D eigenvalue weighted by Crippen LogP contribution is -2.34. The zero-order valence-corrected chi connectivity index (χ0v) is 9.97. The van der Waals surface area contributed by atoms with Gasteiger partial charge in [-0.2, -0.15) is 11.8 Å². The van der Waals surface area contributed by atoms with Crippen LogP contribution in [0.3, 0.4) is 0 Å². The molecule has 0 bridgehead atoms. The number of aromatic nitrogens is 1. The molecule has 0 aromatic carbocycles. The van der Waals surface area contributed by atoms with Crippen molar-refractivity contribution in [1.29, 1.82) is 0 Å². The van der Waals surface area contributed by atoms with E-state index in [0.717, 1.165) is 16.5 Å². The SMILES string of the molecule is Cc1ncc(CSCC(C)(C)N)s1. The van der Waals surface area contributed by atoms with Gasteiger partial charge in [0.2, 0.25) is 0 Å². The fraction of sp³-hybridized carbons (Fsp3) is 0.667. The number of hydrogen-bond donors (Lipinski definition) is 1. The van der Waals surface area contributed by atoms with Gasteiger partial charge in [0.15, 0.2) is 0 Å². The van der Waals surface area contributed by atoms with Gasteiger partial charge in [-0.15, -0.1) is 11.3 Å². The maximum absolute atomic E-state index is 5.87. The minimum absolute atomic E-state index is 0.0651. The Kier molecular flexibility index (Phi) is 3.76. The van der Waals surface area contributed by atoms with Crippen LogP contribution in [-0.2, 0) is 5.75 Å². The summed E-state index contributed by atoms with van der Waals surface area (Å²) in [5.41, 5.74) is 5.81. The van der Waals surface area contributed by atoms with Crippen molar-refractivity contribution in [2.45, 2.75) is 32.1 Å². The molecule has 74 valence electrons. The Morgan fingerprint density at radius 3 is 2.77 bits per heavy atom. The van der Waals surface area contributed by atoms with E-state index in [9.17, 15) is 0 Å². The second-order valence-corrected chi connectivity index (χ2v) is 6.13. The monoisotopic (exact) mass is 216 g/mol.